The molecule has 0 fully saturated rings. The fraction of sp³-hybridized carbons (Fsp3) is 0.417. The monoisotopic (exact) mass is 267 g/mol. The smallest absolute Gasteiger partial charge is 0.412 e. The molecule has 104 valence electrons. The summed E-state index contributed by atoms with van der Waals surface area (Å²) in [6, 6.07) is 4.24. The van der Waals surface area contributed by atoms with Crippen LogP contribution in [0, 0.1) is 10.1 Å². The molecule has 0 aliphatic rings. The van der Waals surface area contributed by atoms with Gasteiger partial charge in [-0.3, -0.25) is 15.4 Å². The van der Waals surface area contributed by atoms with Crippen LogP contribution in [0.15, 0.2) is 18.2 Å². The molecule has 0 aromatic heterocycles. The Morgan fingerprint density at radius 3 is 2.47 bits per heavy atom. The summed E-state index contributed by atoms with van der Waals surface area (Å²) in [6.07, 6.45) is -0.608. The number of nitro benzene ring substituents is 1. The summed E-state index contributed by atoms with van der Waals surface area (Å²) in [4.78, 5) is 21.8. The van der Waals surface area contributed by atoms with Gasteiger partial charge in [0.1, 0.15) is 11.3 Å². The maximum Gasteiger partial charge on any atom is 0.412 e. The fourth-order valence-corrected chi connectivity index (χ4v) is 1.39. The minimum absolute atomic E-state index is 0.0581. The van der Waals surface area contributed by atoms with Crippen molar-refractivity contribution >= 4 is 23.2 Å². The Morgan fingerprint density at radius 1 is 1.37 bits per heavy atom. The van der Waals surface area contributed by atoms with E-state index in [4.69, 9.17) is 4.74 Å². The van der Waals surface area contributed by atoms with Gasteiger partial charge >= 0.3 is 6.09 Å². The fourth-order valence-electron chi connectivity index (χ4n) is 1.39. The van der Waals surface area contributed by atoms with Crippen LogP contribution in [0.4, 0.5) is 21.9 Å². The molecule has 1 amide bonds. The third-order valence-corrected chi connectivity index (χ3v) is 2.11. The zero-order chi connectivity index (χ0) is 14.6. The van der Waals surface area contributed by atoms with E-state index in [1.807, 2.05) is 0 Å². The Labute approximate surface area is 111 Å². The molecule has 0 atom stereocenters. The van der Waals surface area contributed by atoms with Crippen LogP contribution in [0.3, 0.4) is 0 Å². The van der Waals surface area contributed by atoms with Crippen LogP contribution in [0.5, 0.6) is 0 Å². The number of carbonyl (C=O) groups excluding carboxylic acids is 1. The van der Waals surface area contributed by atoms with Crippen molar-refractivity contribution < 1.29 is 14.5 Å². The average molecular weight is 267 g/mol. The van der Waals surface area contributed by atoms with Gasteiger partial charge in [0.05, 0.1) is 4.92 Å². The summed E-state index contributed by atoms with van der Waals surface area (Å²) in [7, 11) is 1.57. The maximum atomic E-state index is 11.6. The molecule has 1 aromatic carbocycles. The highest BCUT2D eigenvalue weighted by Crippen LogP contribution is 2.27. The van der Waals surface area contributed by atoms with Crippen LogP contribution in [0.25, 0.3) is 0 Å². The first-order valence-corrected chi connectivity index (χ1v) is 5.69. The number of hydrogen-bond acceptors (Lipinski definition) is 5. The topological polar surface area (TPSA) is 93.5 Å². The number of nitrogens with one attached hydrogen (secondary N) is 2. The Bertz CT molecular complexity index is 494. The van der Waals surface area contributed by atoms with Crippen LogP contribution in [0.2, 0.25) is 0 Å². The van der Waals surface area contributed by atoms with Crippen molar-refractivity contribution in [3.8, 4) is 0 Å². The predicted octanol–water partition coefficient (Wildman–Crippen LogP) is 2.98. The van der Waals surface area contributed by atoms with Gasteiger partial charge in [-0.05, 0) is 32.9 Å². The minimum atomic E-state index is -0.608. The molecule has 1 aromatic rings. The molecular weight excluding hydrogens is 250 g/mol. The van der Waals surface area contributed by atoms with Crippen LogP contribution in [-0.2, 0) is 4.74 Å². The highest BCUT2D eigenvalue weighted by molar-refractivity contribution is 5.86. The zero-order valence-corrected chi connectivity index (χ0v) is 11.3. The van der Waals surface area contributed by atoms with Gasteiger partial charge in [-0.15, -0.1) is 0 Å². The molecule has 0 aliphatic heterocycles. The summed E-state index contributed by atoms with van der Waals surface area (Å²) in [6.45, 7) is 5.25. The summed E-state index contributed by atoms with van der Waals surface area (Å²) >= 11 is 0. The molecule has 0 saturated carbocycles. The quantitative estimate of drug-likeness (QED) is 0.648. The highest BCUT2D eigenvalue weighted by atomic mass is 16.6. The van der Waals surface area contributed by atoms with Gasteiger partial charge in [-0.1, -0.05) is 0 Å². The molecule has 0 saturated heterocycles. The van der Waals surface area contributed by atoms with Gasteiger partial charge in [-0.2, -0.15) is 0 Å². The van der Waals surface area contributed by atoms with Gasteiger partial charge in [-0.25, -0.2) is 4.79 Å². The predicted molar refractivity (Wildman–Crippen MR) is 72.5 cm³/mol. The zero-order valence-electron chi connectivity index (χ0n) is 11.3. The van der Waals surface area contributed by atoms with Gasteiger partial charge in [0.2, 0.25) is 0 Å². The lowest BCUT2D eigenvalue weighted by atomic mass is 10.2. The minimum Gasteiger partial charge on any atom is -0.444 e. The molecule has 0 radical (unpaired) electrons. The van der Waals surface area contributed by atoms with Crippen LogP contribution in [0.1, 0.15) is 20.8 Å². The Balaban J connectivity index is 2.86. The summed E-state index contributed by atoms with van der Waals surface area (Å²) in [5.41, 5.74) is 0.0801. The maximum absolute atomic E-state index is 11.6. The number of benzene rings is 1. The molecule has 0 bridgehead atoms. The summed E-state index contributed by atoms with van der Waals surface area (Å²) < 4.78 is 5.09. The van der Waals surface area contributed by atoms with E-state index in [9.17, 15) is 14.9 Å². The van der Waals surface area contributed by atoms with Gasteiger partial charge in [0.25, 0.3) is 5.69 Å². The number of nitrogens with zero attached hydrogens (tertiary/aromatic N) is 1. The lowest BCUT2D eigenvalue weighted by molar-refractivity contribution is -0.383. The third kappa shape index (κ3) is 4.46. The molecule has 7 heteroatoms. The SMILES string of the molecule is CNc1cc(NC(=O)OC(C)(C)C)ccc1[N+](=O)[O-]. The van der Waals surface area contributed by atoms with Crippen molar-refractivity contribution in [2.24, 2.45) is 0 Å². The molecule has 0 heterocycles. The third-order valence-electron chi connectivity index (χ3n) is 2.11. The van der Waals surface area contributed by atoms with Gasteiger partial charge < -0.3 is 10.1 Å². The first-order valence-electron chi connectivity index (χ1n) is 5.69. The highest BCUT2D eigenvalue weighted by Gasteiger charge is 2.18. The summed E-state index contributed by atoms with van der Waals surface area (Å²) in [5, 5.41) is 16.0. The molecule has 0 aliphatic carbocycles. The largest absolute Gasteiger partial charge is 0.444 e. The first kappa shape index (κ1) is 14.7. The van der Waals surface area contributed by atoms with Crippen LogP contribution >= 0.6 is 0 Å². The standard InChI is InChI=1S/C12H17N3O4/c1-12(2,3)19-11(16)14-8-5-6-10(15(17)18)9(7-8)13-4/h5-7,13H,1-4H3,(H,14,16). The van der Waals surface area contributed by atoms with Crippen LogP contribution < -0.4 is 10.6 Å². The Kier molecular flexibility index (Phi) is 4.31. The van der Waals surface area contributed by atoms with E-state index in [2.05, 4.69) is 10.6 Å². The van der Waals surface area contributed by atoms with Crippen molar-refractivity contribution in [3.05, 3.63) is 28.3 Å². The molecule has 2 N–H and O–H groups in total. The van der Waals surface area contributed by atoms with E-state index in [0.717, 1.165) is 0 Å². The first-order chi connectivity index (χ1) is 8.73. The van der Waals surface area contributed by atoms with Crippen molar-refractivity contribution in [1.82, 2.24) is 0 Å². The second-order valence-electron chi connectivity index (χ2n) is 4.87. The number of anilines is 2. The molecule has 1 rings (SSSR count). The molecule has 0 unspecified atom stereocenters. The average Bonchev–Trinajstić information content (AvgIpc) is 2.25. The van der Waals surface area contributed by atoms with E-state index < -0.39 is 16.6 Å². The Morgan fingerprint density at radius 2 is 2.00 bits per heavy atom. The lowest BCUT2D eigenvalue weighted by Crippen LogP contribution is -2.27. The van der Waals surface area contributed by atoms with Crippen LogP contribution in [-0.4, -0.2) is 23.7 Å². The Hall–Kier alpha value is -2.31. The molecule has 19 heavy (non-hydrogen) atoms. The van der Waals surface area contributed by atoms with E-state index in [1.54, 1.807) is 27.8 Å². The van der Waals surface area contributed by atoms with E-state index >= 15 is 0 Å². The lowest BCUT2D eigenvalue weighted by Gasteiger charge is -2.19. The number of carbonyl (C=O) groups is 1. The van der Waals surface area contributed by atoms with E-state index in [-0.39, 0.29) is 5.69 Å². The van der Waals surface area contributed by atoms with Crippen molar-refractivity contribution in [2.75, 3.05) is 17.7 Å². The number of hydrogen-bond donors (Lipinski definition) is 2. The van der Waals surface area contributed by atoms with Gasteiger partial charge in [0, 0.05) is 18.8 Å². The van der Waals surface area contributed by atoms with Gasteiger partial charge in [0.15, 0.2) is 0 Å². The number of nitro groups is 1. The second-order valence-corrected chi connectivity index (χ2v) is 4.87. The molecule has 7 nitrogen and oxygen atoms in total. The van der Waals surface area contributed by atoms with Crippen molar-refractivity contribution in [1.29, 1.82) is 0 Å². The van der Waals surface area contributed by atoms with Crippen molar-refractivity contribution in [2.45, 2.75) is 26.4 Å². The normalized spacial score (nSPS) is 10.7. The van der Waals surface area contributed by atoms with E-state index in [0.29, 0.717) is 11.4 Å². The summed E-state index contributed by atoms with van der Waals surface area (Å²) in [5.74, 6) is 0. The van der Waals surface area contributed by atoms with Crippen molar-refractivity contribution in [3.63, 3.8) is 0 Å². The number of ether oxygens (including phenoxy) is 1. The van der Waals surface area contributed by atoms with E-state index in [1.165, 1.54) is 18.2 Å². The number of amides is 1. The molecular formula is C12H17N3O4. The number of rotatable bonds is 3. The second kappa shape index (κ2) is 5.55. The molecule has 0 spiro atoms.